The van der Waals surface area contributed by atoms with E-state index in [1.807, 2.05) is 42.5 Å². The number of ether oxygens (including phenoxy) is 1. The first-order chi connectivity index (χ1) is 50.4. The largest absolute Gasteiger partial charge is 0.534 e. The van der Waals surface area contributed by atoms with Crippen LogP contribution in [0, 0.1) is 6.57 Å². The Kier molecular flexibility index (Phi) is 26.5. The third kappa shape index (κ3) is 21.1. The van der Waals surface area contributed by atoms with Crippen molar-refractivity contribution in [1.82, 2.24) is 98.3 Å². The minimum absolute atomic E-state index is 0.102. The number of aromatic hydroxyl groups is 1. The van der Waals surface area contributed by atoms with Gasteiger partial charge < -0.3 is 44.3 Å². The van der Waals surface area contributed by atoms with Crippen LogP contribution in [0.25, 0.3) is 61.8 Å². The molecule has 10 heterocycles. The van der Waals surface area contributed by atoms with Crippen LogP contribution in [-0.2, 0) is 52.0 Å². The van der Waals surface area contributed by atoms with E-state index in [0.717, 1.165) is 40.6 Å². The molecule has 0 aliphatic rings. The van der Waals surface area contributed by atoms with Crippen molar-refractivity contribution in [3.8, 4) is 74.2 Å². The van der Waals surface area contributed by atoms with Crippen molar-refractivity contribution >= 4 is 51.2 Å². The standard InChI is InChI=1S/C19H20N4O2.C13H13F3N4O4S.C13H15N5O2.C13H13N5O.C12H14N4O2/c1-22(2)19(24)17-11-18(23(3)21-17)16-10-9-15(12-20-16)25-13-14-7-5-4-6-8-14;1-19(2)12(21)10-6-11(20(3)18-10)9-5-4-8(7-17-9)24-25(22,23)13(14,15)16;1-17(2)13(20)10-6-11(18(3)16-10)9-5-4-8(7-15-9)12(14)19;1-14-9-5-6-10(15-8-9)12-7-11(16-18(12)4)13(19)17(2)3;1-15(2)12(18)10-6-11(16(3)14-10)9-5-4-8(17)7-13-9/h4-12H,13H2,1-3H3;4-7H,1-3H3;4-7H,1-3H3,(H2,14,19);5-8H,2-4H3;4-7,17H,1-3H3. The molecule has 0 radical (unpaired) electrons. The molecular formula is C70H75F3N22O11S. The fraction of sp³-hybridized carbons (Fsp3) is 0.243. The number of alkyl halides is 3. The average molecular weight is 1490 g/mol. The minimum atomic E-state index is -5.76. The highest BCUT2D eigenvalue weighted by molar-refractivity contribution is 7.88. The predicted molar refractivity (Wildman–Crippen MR) is 385 cm³/mol. The third-order valence-corrected chi connectivity index (χ3v) is 15.7. The van der Waals surface area contributed by atoms with Gasteiger partial charge in [0.15, 0.2) is 34.2 Å². The fourth-order valence-electron chi connectivity index (χ4n) is 9.15. The van der Waals surface area contributed by atoms with Crippen molar-refractivity contribution in [2.24, 2.45) is 41.0 Å². The van der Waals surface area contributed by atoms with Crippen molar-refractivity contribution in [2.75, 3.05) is 70.5 Å². The molecule has 1 aromatic carbocycles. The van der Waals surface area contributed by atoms with E-state index in [1.54, 1.807) is 191 Å². The number of carbonyl (C=O) groups is 6. The number of primary amides is 1. The van der Waals surface area contributed by atoms with Gasteiger partial charge in [0.1, 0.15) is 18.1 Å². The molecule has 0 atom stereocenters. The van der Waals surface area contributed by atoms with Crippen molar-refractivity contribution in [1.29, 1.82) is 0 Å². The quantitative estimate of drug-likeness (QED) is 0.0554. The number of amides is 6. The number of benzene rings is 1. The van der Waals surface area contributed by atoms with E-state index in [-0.39, 0.29) is 46.7 Å². The topological polar surface area (TPSA) is 375 Å². The van der Waals surface area contributed by atoms with Crippen LogP contribution in [0.5, 0.6) is 17.2 Å². The molecule has 107 heavy (non-hydrogen) atoms. The molecule has 558 valence electrons. The lowest BCUT2D eigenvalue weighted by Gasteiger charge is -2.09. The summed E-state index contributed by atoms with van der Waals surface area (Å²) in [6.45, 7) is 7.38. The summed E-state index contributed by atoms with van der Waals surface area (Å²) >= 11 is 0. The van der Waals surface area contributed by atoms with Crippen LogP contribution in [0.4, 0.5) is 18.9 Å². The Labute approximate surface area is 612 Å². The van der Waals surface area contributed by atoms with E-state index in [9.17, 15) is 55.5 Å². The summed E-state index contributed by atoms with van der Waals surface area (Å²) in [5.74, 6) is -1.28. The van der Waals surface area contributed by atoms with E-state index >= 15 is 0 Å². The van der Waals surface area contributed by atoms with Gasteiger partial charge in [0, 0.05) is 118 Å². The Balaban J connectivity index is 0.000000188. The first-order valence-corrected chi connectivity index (χ1v) is 32.9. The molecule has 33 nitrogen and oxygen atoms in total. The lowest BCUT2D eigenvalue weighted by Crippen LogP contribution is -2.28. The fourth-order valence-corrected chi connectivity index (χ4v) is 9.59. The molecule has 11 aromatic rings. The summed E-state index contributed by atoms with van der Waals surface area (Å²) in [5.41, 5.74) is 9.47. The lowest BCUT2D eigenvalue weighted by atomic mass is 10.2. The van der Waals surface area contributed by atoms with E-state index < -0.39 is 27.3 Å². The molecule has 0 spiro atoms. The van der Waals surface area contributed by atoms with Gasteiger partial charge in [0.25, 0.3) is 29.5 Å². The SMILES string of the molecule is CN(C)C(=O)c1cc(-c2ccc(C(N)=O)cn2)n(C)n1.CN(C)C(=O)c1cc(-c2ccc(O)cn2)n(C)n1.CN(C)C(=O)c1cc(-c2ccc(OCc3ccccc3)cn2)n(C)n1.CN(C)C(=O)c1cc(-c2ccc(OS(=O)(=O)C(F)(F)F)cn2)n(C)n1.[C-]#[N+]c1ccc(-c2cc(C(=O)N(C)C)nn2C)nc1. The van der Waals surface area contributed by atoms with Gasteiger partial charge in [-0.3, -0.25) is 77.1 Å². The third-order valence-electron chi connectivity index (χ3n) is 14.7. The van der Waals surface area contributed by atoms with Crippen LogP contribution in [-0.4, -0.2) is 223 Å². The van der Waals surface area contributed by atoms with E-state index in [0.29, 0.717) is 74.9 Å². The summed E-state index contributed by atoms with van der Waals surface area (Å²) in [5, 5.41) is 30.0. The number of carbonyl (C=O) groups excluding carboxylic acids is 6. The molecule has 0 aliphatic carbocycles. The van der Waals surface area contributed by atoms with Crippen LogP contribution < -0.4 is 14.7 Å². The number of aromatic nitrogens is 15. The summed E-state index contributed by atoms with van der Waals surface area (Å²) in [6.07, 6.45) is 6.77. The molecule has 0 aliphatic heterocycles. The minimum Gasteiger partial charge on any atom is -0.506 e. The first-order valence-electron chi connectivity index (χ1n) is 31.5. The highest BCUT2D eigenvalue weighted by Gasteiger charge is 2.48. The van der Waals surface area contributed by atoms with Gasteiger partial charge in [-0.1, -0.05) is 36.4 Å². The van der Waals surface area contributed by atoms with Gasteiger partial charge in [-0.05, 0) is 90.5 Å². The van der Waals surface area contributed by atoms with E-state index in [1.165, 1.54) is 59.9 Å². The van der Waals surface area contributed by atoms with Gasteiger partial charge >= 0.3 is 15.6 Å². The number of hydrogen-bond acceptors (Lipinski definition) is 21. The molecule has 0 unspecified atom stereocenters. The highest BCUT2D eigenvalue weighted by Crippen LogP contribution is 2.29. The zero-order chi connectivity index (χ0) is 78.9. The van der Waals surface area contributed by atoms with Gasteiger partial charge in [-0.15, -0.1) is 0 Å². The second-order valence-corrected chi connectivity index (χ2v) is 25.5. The number of pyridine rings is 5. The average Bonchev–Trinajstić information content (AvgIpc) is 1.69. The molecule has 3 N–H and O–H groups in total. The molecule has 11 rings (SSSR count). The maximum Gasteiger partial charge on any atom is 0.534 e. The number of halogens is 3. The maximum atomic E-state index is 12.3. The molecule has 0 saturated carbocycles. The number of rotatable bonds is 16. The zero-order valence-electron chi connectivity index (χ0n) is 60.7. The normalized spacial score (nSPS) is 10.7. The lowest BCUT2D eigenvalue weighted by molar-refractivity contribution is -0.0500. The number of nitrogens with zero attached hydrogens (tertiary/aromatic N) is 21. The van der Waals surface area contributed by atoms with E-state index in [4.69, 9.17) is 17.0 Å². The second-order valence-electron chi connectivity index (χ2n) is 23.9. The number of hydrogen-bond donors (Lipinski definition) is 2. The van der Waals surface area contributed by atoms with Crippen LogP contribution in [0.3, 0.4) is 0 Å². The van der Waals surface area contributed by atoms with Gasteiger partial charge in [0.05, 0.1) is 87.7 Å². The Bertz CT molecular complexity index is 5110. The Morgan fingerprint density at radius 2 is 0.776 bits per heavy atom. The summed E-state index contributed by atoms with van der Waals surface area (Å²) < 4.78 is 76.2. The van der Waals surface area contributed by atoms with Crippen molar-refractivity contribution in [2.45, 2.75) is 12.1 Å². The summed E-state index contributed by atoms with van der Waals surface area (Å²) in [7, 11) is 19.4. The van der Waals surface area contributed by atoms with Crippen LogP contribution in [0.15, 0.2) is 152 Å². The molecule has 10 aromatic heterocycles. The molecule has 0 fully saturated rings. The van der Waals surface area contributed by atoms with Gasteiger partial charge in [-0.25, -0.2) is 4.85 Å². The van der Waals surface area contributed by atoms with Gasteiger partial charge in [-0.2, -0.15) is 47.1 Å². The second kappa shape index (κ2) is 35.1. The molecule has 0 bridgehead atoms. The smallest absolute Gasteiger partial charge is 0.506 e. The van der Waals surface area contributed by atoms with Crippen LogP contribution in [0.2, 0.25) is 0 Å². The predicted octanol–water partition coefficient (Wildman–Crippen LogP) is 7.08. The Morgan fingerprint density at radius 3 is 1.05 bits per heavy atom. The van der Waals surface area contributed by atoms with Crippen molar-refractivity contribution in [3.05, 3.63) is 203 Å². The molecular weight excluding hydrogens is 1410 g/mol. The van der Waals surface area contributed by atoms with Crippen molar-refractivity contribution < 1.29 is 64.4 Å². The monoisotopic (exact) mass is 1490 g/mol. The summed E-state index contributed by atoms with van der Waals surface area (Å²) in [6, 6.07) is 34.1. The summed E-state index contributed by atoms with van der Waals surface area (Å²) in [4.78, 5) is 102. The molecule has 0 saturated heterocycles. The van der Waals surface area contributed by atoms with Crippen molar-refractivity contribution in [3.63, 3.8) is 0 Å². The number of aryl methyl sites for hydroxylation is 5. The van der Waals surface area contributed by atoms with Crippen LogP contribution in [0.1, 0.15) is 68.4 Å². The molecule has 37 heteroatoms. The zero-order valence-corrected chi connectivity index (χ0v) is 61.5. The maximum absolute atomic E-state index is 12.3. The molecule has 6 amide bonds. The number of nitrogens with two attached hydrogens (primary N) is 1. The van der Waals surface area contributed by atoms with Crippen LogP contribution >= 0.6 is 0 Å². The van der Waals surface area contributed by atoms with Gasteiger partial charge in [0.2, 0.25) is 11.6 Å². The first kappa shape index (κ1) is 80.8. The Hall–Kier alpha value is -13.5. The van der Waals surface area contributed by atoms with E-state index in [2.05, 4.69) is 59.4 Å². The highest BCUT2D eigenvalue weighted by atomic mass is 32.2. The Morgan fingerprint density at radius 1 is 0.458 bits per heavy atom.